The van der Waals surface area contributed by atoms with Gasteiger partial charge in [-0.3, -0.25) is 14.3 Å². The molecule has 0 bridgehead atoms. The van der Waals surface area contributed by atoms with E-state index in [-0.39, 0.29) is 12.7 Å². The SMILES string of the molecule is C=Cc1cn([C@H]2CC[C@@H](CO)O2)c(=O)[nH]c1=O. The van der Waals surface area contributed by atoms with E-state index in [4.69, 9.17) is 9.84 Å². The lowest BCUT2D eigenvalue weighted by Crippen LogP contribution is -2.33. The van der Waals surface area contributed by atoms with Crippen LogP contribution in [-0.4, -0.2) is 27.4 Å². The molecule has 2 heterocycles. The molecule has 1 saturated heterocycles. The Morgan fingerprint density at radius 2 is 2.35 bits per heavy atom. The molecule has 0 saturated carbocycles. The second-order valence-electron chi connectivity index (χ2n) is 3.93. The first kappa shape index (κ1) is 11.8. The lowest BCUT2D eigenvalue weighted by Gasteiger charge is -2.14. The van der Waals surface area contributed by atoms with E-state index in [0.717, 1.165) is 0 Å². The minimum Gasteiger partial charge on any atom is -0.394 e. The molecule has 0 unspecified atom stereocenters. The minimum absolute atomic E-state index is 0.0665. The molecular formula is C11H14N2O4. The van der Waals surface area contributed by atoms with Crippen LogP contribution in [0.25, 0.3) is 6.08 Å². The van der Waals surface area contributed by atoms with Crippen LogP contribution in [0.5, 0.6) is 0 Å². The van der Waals surface area contributed by atoms with Crippen LogP contribution in [-0.2, 0) is 4.74 Å². The maximum absolute atomic E-state index is 11.6. The zero-order chi connectivity index (χ0) is 12.4. The van der Waals surface area contributed by atoms with Crippen LogP contribution in [0.15, 0.2) is 22.4 Å². The summed E-state index contributed by atoms with van der Waals surface area (Å²) in [6.07, 6.45) is 3.46. The Bertz CT molecular complexity index is 531. The number of nitrogens with zero attached hydrogens (tertiary/aromatic N) is 1. The van der Waals surface area contributed by atoms with Crippen molar-refractivity contribution >= 4 is 6.08 Å². The van der Waals surface area contributed by atoms with Crippen LogP contribution in [0.1, 0.15) is 24.6 Å². The third kappa shape index (κ3) is 2.22. The van der Waals surface area contributed by atoms with E-state index in [0.29, 0.717) is 18.4 Å². The highest BCUT2D eigenvalue weighted by atomic mass is 16.5. The lowest BCUT2D eigenvalue weighted by molar-refractivity contribution is -0.0246. The van der Waals surface area contributed by atoms with Crippen molar-refractivity contribution in [2.24, 2.45) is 0 Å². The zero-order valence-electron chi connectivity index (χ0n) is 9.26. The second-order valence-corrected chi connectivity index (χ2v) is 3.93. The van der Waals surface area contributed by atoms with Crippen molar-refractivity contribution in [2.45, 2.75) is 25.2 Å². The van der Waals surface area contributed by atoms with E-state index in [1.807, 2.05) is 0 Å². The molecule has 1 aliphatic heterocycles. The van der Waals surface area contributed by atoms with E-state index < -0.39 is 17.5 Å². The molecule has 2 atom stereocenters. The topological polar surface area (TPSA) is 84.3 Å². The number of aromatic nitrogens is 2. The first-order valence-electron chi connectivity index (χ1n) is 5.40. The van der Waals surface area contributed by atoms with Gasteiger partial charge in [0.1, 0.15) is 6.23 Å². The van der Waals surface area contributed by atoms with E-state index in [2.05, 4.69) is 11.6 Å². The molecule has 1 aliphatic rings. The van der Waals surface area contributed by atoms with Crippen molar-refractivity contribution in [1.82, 2.24) is 9.55 Å². The first-order valence-corrected chi connectivity index (χ1v) is 5.40. The van der Waals surface area contributed by atoms with Gasteiger partial charge in [-0.25, -0.2) is 4.79 Å². The Labute approximate surface area is 97.2 Å². The summed E-state index contributed by atoms with van der Waals surface area (Å²) >= 11 is 0. The van der Waals surface area contributed by atoms with Gasteiger partial charge in [0.15, 0.2) is 0 Å². The van der Waals surface area contributed by atoms with Crippen molar-refractivity contribution in [2.75, 3.05) is 6.61 Å². The molecule has 1 aromatic heterocycles. The van der Waals surface area contributed by atoms with Crippen LogP contribution >= 0.6 is 0 Å². The predicted molar refractivity (Wildman–Crippen MR) is 61.6 cm³/mol. The molecular weight excluding hydrogens is 224 g/mol. The fourth-order valence-corrected chi connectivity index (χ4v) is 1.89. The number of rotatable bonds is 3. The van der Waals surface area contributed by atoms with E-state index in [1.165, 1.54) is 16.8 Å². The van der Waals surface area contributed by atoms with Crippen molar-refractivity contribution in [1.29, 1.82) is 0 Å². The van der Waals surface area contributed by atoms with Crippen LogP contribution in [0.4, 0.5) is 0 Å². The molecule has 0 spiro atoms. The highest BCUT2D eigenvalue weighted by molar-refractivity contribution is 5.43. The van der Waals surface area contributed by atoms with Gasteiger partial charge in [0.2, 0.25) is 0 Å². The summed E-state index contributed by atoms with van der Waals surface area (Å²) in [6.45, 7) is 3.44. The standard InChI is InChI=1S/C11H14N2O4/c1-2-7-5-13(11(16)12-10(7)15)9-4-3-8(6-14)17-9/h2,5,8-9,14H,1,3-4,6H2,(H,12,15,16)/t8-,9+/m0/s1. The second kappa shape index (κ2) is 4.68. The monoisotopic (exact) mass is 238 g/mol. The number of H-pyrrole nitrogens is 1. The van der Waals surface area contributed by atoms with Crippen molar-refractivity contribution < 1.29 is 9.84 Å². The van der Waals surface area contributed by atoms with Gasteiger partial charge < -0.3 is 9.84 Å². The zero-order valence-corrected chi connectivity index (χ0v) is 9.26. The maximum atomic E-state index is 11.6. The smallest absolute Gasteiger partial charge is 0.330 e. The van der Waals surface area contributed by atoms with Crippen molar-refractivity contribution in [3.05, 3.63) is 39.2 Å². The fourth-order valence-electron chi connectivity index (χ4n) is 1.89. The summed E-state index contributed by atoms with van der Waals surface area (Å²) < 4.78 is 6.80. The fraction of sp³-hybridized carbons (Fsp3) is 0.455. The number of aliphatic hydroxyl groups excluding tert-OH is 1. The van der Waals surface area contributed by atoms with Crippen molar-refractivity contribution in [3.63, 3.8) is 0 Å². The van der Waals surface area contributed by atoms with Gasteiger partial charge >= 0.3 is 5.69 Å². The van der Waals surface area contributed by atoms with Crippen LogP contribution < -0.4 is 11.2 Å². The number of hydrogen-bond donors (Lipinski definition) is 2. The maximum Gasteiger partial charge on any atom is 0.330 e. The van der Waals surface area contributed by atoms with E-state index in [9.17, 15) is 9.59 Å². The predicted octanol–water partition coefficient (Wildman–Crippen LogP) is -0.150. The molecule has 0 radical (unpaired) electrons. The number of ether oxygens (including phenoxy) is 1. The molecule has 6 heteroatoms. The van der Waals surface area contributed by atoms with Crippen LogP contribution in [0.3, 0.4) is 0 Å². The summed E-state index contributed by atoms with van der Waals surface area (Å²) in [7, 11) is 0. The average Bonchev–Trinajstić information content (AvgIpc) is 2.78. The van der Waals surface area contributed by atoms with Gasteiger partial charge in [0.25, 0.3) is 5.56 Å². The summed E-state index contributed by atoms with van der Waals surface area (Å²) in [4.78, 5) is 25.2. The Kier molecular flexibility index (Phi) is 3.26. The van der Waals surface area contributed by atoms with Crippen LogP contribution in [0, 0.1) is 0 Å². The molecule has 2 N–H and O–H groups in total. The summed E-state index contributed by atoms with van der Waals surface area (Å²) in [5.74, 6) is 0. The summed E-state index contributed by atoms with van der Waals surface area (Å²) in [5.41, 5.74) is -0.650. The molecule has 0 amide bonds. The third-order valence-corrected chi connectivity index (χ3v) is 2.81. The minimum atomic E-state index is -0.510. The Balaban J connectivity index is 2.36. The molecule has 17 heavy (non-hydrogen) atoms. The van der Waals surface area contributed by atoms with E-state index in [1.54, 1.807) is 0 Å². The van der Waals surface area contributed by atoms with Gasteiger partial charge in [-0.15, -0.1) is 0 Å². The van der Waals surface area contributed by atoms with Crippen molar-refractivity contribution in [3.8, 4) is 0 Å². The quantitative estimate of drug-likeness (QED) is 0.767. The van der Waals surface area contributed by atoms with Gasteiger partial charge in [-0.05, 0) is 12.8 Å². The number of nitrogens with one attached hydrogen (secondary N) is 1. The van der Waals surface area contributed by atoms with Gasteiger partial charge in [-0.1, -0.05) is 12.7 Å². The Morgan fingerprint density at radius 3 is 2.94 bits per heavy atom. The highest BCUT2D eigenvalue weighted by Gasteiger charge is 2.26. The molecule has 0 aromatic carbocycles. The molecule has 1 aromatic rings. The van der Waals surface area contributed by atoms with Gasteiger partial charge in [-0.2, -0.15) is 0 Å². The first-order chi connectivity index (χ1) is 8.15. The third-order valence-electron chi connectivity index (χ3n) is 2.81. The molecule has 2 rings (SSSR count). The van der Waals surface area contributed by atoms with E-state index >= 15 is 0 Å². The molecule has 6 nitrogen and oxygen atoms in total. The Morgan fingerprint density at radius 1 is 1.59 bits per heavy atom. The molecule has 0 aliphatic carbocycles. The largest absolute Gasteiger partial charge is 0.394 e. The Hall–Kier alpha value is -1.66. The van der Waals surface area contributed by atoms with Gasteiger partial charge in [0, 0.05) is 6.20 Å². The van der Waals surface area contributed by atoms with Crippen LogP contribution in [0.2, 0.25) is 0 Å². The normalized spacial score (nSPS) is 23.8. The number of aliphatic hydroxyl groups is 1. The molecule has 92 valence electrons. The summed E-state index contributed by atoms with van der Waals surface area (Å²) in [6, 6.07) is 0. The lowest BCUT2D eigenvalue weighted by atomic mass is 10.2. The molecule has 1 fully saturated rings. The highest BCUT2D eigenvalue weighted by Crippen LogP contribution is 2.26. The summed E-state index contributed by atoms with van der Waals surface area (Å²) in [5, 5.41) is 8.96. The number of aromatic amines is 1. The number of hydrogen-bond acceptors (Lipinski definition) is 4. The van der Waals surface area contributed by atoms with Gasteiger partial charge in [0.05, 0.1) is 18.3 Å². The average molecular weight is 238 g/mol.